The van der Waals surface area contributed by atoms with E-state index in [1.165, 1.54) is 24.3 Å². The molecule has 182 valence electrons. The molecule has 0 bridgehead atoms. The summed E-state index contributed by atoms with van der Waals surface area (Å²) >= 11 is 0. The monoisotopic (exact) mass is 494 g/mol. The Morgan fingerprint density at radius 2 is 1.60 bits per heavy atom. The van der Waals surface area contributed by atoms with Crippen molar-refractivity contribution in [3.05, 3.63) is 79.1 Å². The second-order valence-corrected chi connectivity index (χ2v) is 10.1. The van der Waals surface area contributed by atoms with Crippen LogP contribution in [0.15, 0.2) is 84.0 Å². The molecule has 1 saturated heterocycles. The highest BCUT2D eigenvalue weighted by molar-refractivity contribution is 7.92. The number of aliphatic carboxylic acids is 1. The number of carboxylic acids is 1. The molecule has 4 rings (SSSR count). The lowest BCUT2D eigenvalue weighted by Gasteiger charge is -2.32. The first-order valence-corrected chi connectivity index (χ1v) is 12.6. The standard InChI is InChI=1S/C25H26N4O5S/c30-24(31)18-29(35(33,34)23-4-2-1-3-5-23)22-8-6-20(7-9-22)27-25(32)19-12-16-28(17-13-19)21-10-14-26-15-11-21/h1-11,14-15,19H,12-13,16-18H2,(H,27,32)(H,30,31). The van der Waals surface area contributed by atoms with Crippen molar-refractivity contribution in [2.45, 2.75) is 17.7 Å². The van der Waals surface area contributed by atoms with Crippen LogP contribution in [0.25, 0.3) is 0 Å². The number of carboxylic acid groups (broad SMARTS) is 1. The number of amides is 1. The van der Waals surface area contributed by atoms with E-state index in [2.05, 4.69) is 15.2 Å². The number of benzene rings is 2. The summed E-state index contributed by atoms with van der Waals surface area (Å²) in [5.74, 6) is -1.50. The highest BCUT2D eigenvalue weighted by Crippen LogP contribution is 2.27. The van der Waals surface area contributed by atoms with Gasteiger partial charge in [0, 0.05) is 42.8 Å². The highest BCUT2D eigenvalue weighted by Gasteiger charge is 2.28. The Bertz CT molecular complexity index is 1260. The van der Waals surface area contributed by atoms with Crippen LogP contribution in [0.3, 0.4) is 0 Å². The minimum absolute atomic E-state index is 0.00302. The summed E-state index contributed by atoms with van der Waals surface area (Å²) in [4.78, 5) is 30.4. The average molecular weight is 495 g/mol. The highest BCUT2D eigenvalue weighted by atomic mass is 32.2. The van der Waals surface area contributed by atoms with Gasteiger partial charge >= 0.3 is 5.97 Å². The van der Waals surface area contributed by atoms with Crippen LogP contribution in [0, 0.1) is 5.92 Å². The second-order valence-electron chi connectivity index (χ2n) is 8.22. The molecule has 2 N–H and O–H groups in total. The quantitative estimate of drug-likeness (QED) is 0.493. The lowest BCUT2D eigenvalue weighted by molar-refractivity contribution is -0.135. The second kappa shape index (κ2) is 10.6. The number of hydrogen-bond donors (Lipinski definition) is 2. The van der Waals surface area contributed by atoms with Gasteiger partial charge in [0.05, 0.1) is 10.6 Å². The Labute approximate surface area is 204 Å². The molecule has 1 aromatic heterocycles. The zero-order valence-electron chi connectivity index (χ0n) is 18.9. The third-order valence-electron chi connectivity index (χ3n) is 5.93. The molecular formula is C25H26N4O5S. The van der Waals surface area contributed by atoms with Crippen LogP contribution in [-0.2, 0) is 19.6 Å². The number of rotatable bonds is 8. The van der Waals surface area contributed by atoms with Crippen molar-refractivity contribution in [3.63, 3.8) is 0 Å². The van der Waals surface area contributed by atoms with Crippen molar-refractivity contribution < 1.29 is 23.1 Å². The maximum atomic E-state index is 13.1. The van der Waals surface area contributed by atoms with E-state index in [1.807, 2.05) is 12.1 Å². The summed E-state index contributed by atoms with van der Waals surface area (Å²) in [6.45, 7) is 0.810. The molecule has 9 nitrogen and oxygen atoms in total. The smallest absolute Gasteiger partial charge is 0.324 e. The molecule has 0 unspecified atom stereocenters. The Morgan fingerprint density at radius 1 is 0.971 bits per heavy atom. The molecule has 10 heteroatoms. The predicted octanol–water partition coefficient (Wildman–Crippen LogP) is 3.22. The topological polar surface area (TPSA) is 120 Å². The van der Waals surface area contributed by atoms with Crippen molar-refractivity contribution in [1.82, 2.24) is 4.98 Å². The Morgan fingerprint density at radius 3 is 2.20 bits per heavy atom. The van der Waals surface area contributed by atoms with Gasteiger partial charge in [0.25, 0.3) is 10.0 Å². The number of aromatic nitrogens is 1. The fraction of sp³-hybridized carbons (Fsp3) is 0.240. The van der Waals surface area contributed by atoms with Crippen LogP contribution in [-0.4, -0.2) is 50.0 Å². The van der Waals surface area contributed by atoms with Crippen molar-refractivity contribution in [2.75, 3.05) is 34.2 Å². The molecule has 3 aromatic rings. The molecule has 0 radical (unpaired) electrons. The SMILES string of the molecule is O=C(O)CN(c1ccc(NC(=O)C2CCN(c3ccncc3)CC2)cc1)S(=O)(=O)c1ccccc1. The average Bonchev–Trinajstić information content (AvgIpc) is 2.89. The van der Waals surface area contributed by atoms with Crippen molar-refractivity contribution in [3.8, 4) is 0 Å². The Balaban J connectivity index is 1.42. The minimum atomic E-state index is -4.07. The zero-order valence-corrected chi connectivity index (χ0v) is 19.8. The van der Waals surface area contributed by atoms with E-state index in [9.17, 15) is 23.1 Å². The van der Waals surface area contributed by atoms with Gasteiger partial charge in [-0.3, -0.25) is 18.9 Å². The van der Waals surface area contributed by atoms with Crippen molar-refractivity contribution in [1.29, 1.82) is 0 Å². The number of hydrogen-bond acceptors (Lipinski definition) is 6. The van der Waals surface area contributed by atoms with Gasteiger partial charge in [-0.15, -0.1) is 0 Å². The van der Waals surface area contributed by atoms with Gasteiger partial charge in [0.2, 0.25) is 5.91 Å². The summed E-state index contributed by atoms with van der Waals surface area (Å²) in [5, 5.41) is 12.2. The third-order valence-corrected chi connectivity index (χ3v) is 7.71. The number of nitrogens with zero attached hydrogens (tertiary/aromatic N) is 3. The molecule has 35 heavy (non-hydrogen) atoms. The number of carbonyl (C=O) groups excluding carboxylic acids is 1. The van der Waals surface area contributed by atoms with Crippen LogP contribution in [0.2, 0.25) is 0 Å². The Hall–Kier alpha value is -3.92. The number of piperidine rings is 1. The van der Waals surface area contributed by atoms with Gasteiger partial charge in [-0.1, -0.05) is 18.2 Å². The number of pyridine rings is 1. The van der Waals surface area contributed by atoms with Crippen molar-refractivity contribution >= 4 is 39.0 Å². The van der Waals surface area contributed by atoms with Gasteiger partial charge < -0.3 is 15.3 Å². The van der Waals surface area contributed by atoms with Gasteiger partial charge in [0.1, 0.15) is 6.54 Å². The van der Waals surface area contributed by atoms with Gasteiger partial charge in [-0.05, 0) is 61.4 Å². The molecule has 1 aliphatic heterocycles. The van der Waals surface area contributed by atoms with Gasteiger partial charge in [-0.25, -0.2) is 8.42 Å². The largest absolute Gasteiger partial charge is 0.480 e. The molecule has 0 atom stereocenters. The van der Waals surface area contributed by atoms with Crippen LogP contribution in [0.5, 0.6) is 0 Å². The van der Waals surface area contributed by atoms with Gasteiger partial charge in [0.15, 0.2) is 0 Å². The van der Waals surface area contributed by atoms with E-state index in [0.717, 1.165) is 23.1 Å². The van der Waals surface area contributed by atoms with E-state index in [-0.39, 0.29) is 22.4 Å². The maximum absolute atomic E-state index is 13.1. The van der Waals surface area contributed by atoms with Crippen LogP contribution in [0.1, 0.15) is 12.8 Å². The fourth-order valence-electron chi connectivity index (χ4n) is 4.07. The van der Waals surface area contributed by atoms with Crippen LogP contribution in [0.4, 0.5) is 17.1 Å². The zero-order chi connectivity index (χ0) is 24.8. The lowest BCUT2D eigenvalue weighted by atomic mass is 9.95. The molecular weight excluding hydrogens is 468 g/mol. The first kappa shape index (κ1) is 24.2. The number of nitrogens with one attached hydrogen (secondary N) is 1. The minimum Gasteiger partial charge on any atom is -0.480 e. The summed E-state index contributed by atoms with van der Waals surface area (Å²) in [7, 11) is -4.07. The number of carbonyl (C=O) groups is 2. The Kier molecular flexibility index (Phi) is 7.31. The normalized spacial score (nSPS) is 14.3. The molecule has 0 spiro atoms. The molecule has 0 saturated carbocycles. The predicted molar refractivity (Wildman–Crippen MR) is 133 cm³/mol. The fourth-order valence-corrected chi connectivity index (χ4v) is 5.50. The van der Waals surface area contributed by atoms with Crippen LogP contribution < -0.4 is 14.5 Å². The first-order valence-electron chi connectivity index (χ1n) is 11.2. The summed E-state index contributed by atoms with van der Waals surface area (Å²) in [6, 6.07) is 17.7. The molecule has 1 amide bonds. The van der Waals surface area contributed by atoms with E-state index in [4.69, 9.17) is 0 Å². The molecule has 2 heterocycles. The van der Waals surface area contributed by atoms with E-state index >= 15 is 0 Å². The molecule has 0 aliphatic carbocycles. The molecule has 1 fully saturated rings. The summed E-state index contributed by atoms with van der Waals surface area (Å²) < 4.78 is 26.9. The maximum Gasteiger partial charge on any atom is 0.324 e. The van der Waals surface area contributed by atoms with Crippen LogP contribution >= 0.6 is 0 Å². The van der Waals surface area contributed by atoms with Crippen molar-refractivity contribution in [2.24, 2.45) is 5.92 Å². The van der Waals surface area contributed by atoms with E-state index < -0.39 is 22.5 Å². The summed E-state index contributed by atoms with van der Waals surface area (Å²) in [6.07, 6.45) is 4.93. The van der Waals surface area contributed by atoms with Gasteiger partial charge in [-0.2, -0.15) is 0 Å². The lowest BCUT2D eigenvalue weighted by Crippen LogP contribution is -2.38. The van der Waals surface area contributed by atoms with E-state index in [0.29, 0.717) is 18.5 Å². The van der Waals surface area contributed by atoms with E-state index in [1.54, 1.807) is 42.7 Å². The molecule has 2 aromatic carbocycles. The summed E-state index contributed by atoms with van der Waals surface area (Å²) in [5.41, 5.74) is 1.80. The number of anilines is 3. The third kappa shape index (κ3) is 5.78. The molecule has 1 aliphatic rings. The first-order chi connectivity index (χ1) is 16.8. The number of sulfonamides is 1.